The predicted octanol–water partition coefficient (Wildman–Crippen LogP) is 1.87. The Labute approximate surface area is 122 Å². The number of piperazine rings is 1. The molecule has 2 rings (SSSR count). The fourth-order valence-electron chi connectivity index (χ4n) is 2.54. The third-order valence-electron chi connectivity index (χ3n) is 3.53. The summed E-state index contributed by atoms with van der Waals surface area (Å²) in [5.41, 5.74) is 0.179. The molecule has 21 heavy (non-hydrogen) atoms. The minimum absolute atomic E-state index is 0.0616. The van der Waals surface area contributed by atoms with E-state index in [-0.39, 0.29) is 31.7 Å². The highest BCUT2D eigenvalue weighted by Gasteiger charge is 2.45. The molecular weight excluding hydrogens is 305 g/mol. The number of hydrogen-bond acceptors (Lipinski definition) is 3. The molecule has 1 heterocycles. The first-order valence-corrected chi connectivity index (χ1v) is 8.35. The monoisotopic (exact) mass is 322 g/mol. The summed E-state index contributed by atoms with van der Waals surface area (Å²) in [7, 11) is -3.35. The molecule has 0 bridgehead atoms. The lowest BCUT2D eigenvalue weighted by molar-refractivity contribution is -0.189. The molecule has 1 aromatic rings. The molecule has 0 N–H and O–H groups in total. The number of benzene rings is 1. The molecule has 1 aliphatic heterocycles. The van der Waals surface area contributed by atoms with Crippen LogP contribution in [0.5, 0.6) is 0 Å². The van der Waals surface area contributed by atoms with Gasteiger partial charge in [0.15, 0.2) is 0 Å². The van der Waals surface area contributed by atoms with Gasteiger partial charge in [0, 0.05) is 26.2 Å². The molecule has 0 aliphatic carbocycles. The highest BCUT2D eigenvalue weighted by molar-refractivity contribution is 7.88. The maximum Gasteiger partial charge on any atom is 0.408 e. The van der Waals surface area contributed by atoms with E-state index >= 15 is 0 Å². The summed E-state index contributed by atoms with van der Waals surface area (Å²) in [6, 6.07) is 6.00. The van der Waals surface area contributed by atoms with Crippen LogP contribution in [0.15, 0.2) is 30.3 Å². The van der Waals surface area contributed by atoms with Gasteiger partial charge >= 0.3 is 6.18 Å². The standard InChI is InChI=1S/C13H17F3N2O2S/c1-21(19,20)18-9-7-17(8-10-18)12(13(14,15)16)11-5-3-2-4-6-11/h2-6,12H,7-10H2,1H3/t12-/m0/s1. The smallest absolute Gasteiger partial charge is 0.286 e. The Morgan fingerprint density at radius 1 is 1.05 bits per heavy atom. The molecule has 0 amide bonds. The van der Waals surface area contributed by atoms with Crippen molar-refractivity contribution in [2.75, 3.05) is 32.4 Å². The first-order chi connectivity index (χ1) is 9.69. The molecule has 4 nitrogen and oxygen atoms in total. The van der Waals surface area contributed by atoms with E-state index < -0.39 is 22.2 Å². The normalized spacial score (nSPS) is 20.4. The largest absolute Gasteiger partial charge is 0.408 e. The van der Waals surface area contributed by atoms with Gasteiger partial charge in [0.2, 0.25) is 10.0 Å². The van der Waals surface area contributed by atoms with Crippen LogP contribution in [0.3, 0.4) is 0 Å². The molecule has 1 aliphatic rings. The number of alkyl halides is 3. The Morgan fingerprint density at radius 2 is 1.57 bits per heavy atom. The first-order valence-electron chi connectivity index (χ1n) is 6.50. The molecule has 0 unspecified atom stereocenters. The average Bonchev–Trinajstić information content (AvgIpc) is 2.38. The fraction of sp³-hybridized carbons (Fsp3) is 0.538. The summed E-state index contributed by atoms with van der Waals surface area (Å²) in [5, 5.41) is 0. The SMILES string of the molecule is CS(=O)(=O)N1CCN([C@@H](c2ccccc2)C(F)(F)F)CC1. The van der Waals surface area contributed by atoms with Gasteiger partial charge in [0.05, 0.1) is 6.26 Å². The summed E-state index contributed by atoms with van der Waals surface area (Å²) >= 11 is 0. The Bertz CT molecular complexity index is 567. The topological polar surface area (TPSA) is 40.6 Å². The summed E-state index contributed by atoms with van der Waals surface area (Å²) < 4.78 is 64.1. The summed E-state index contributed by atoms with van der Waals surface area (Å²) in [6.07, 6.45) is -3.32. The van der Waals surface area contributed by atoms with E-state index in [2.05, 4.69) is 0 Å². The molecular formula is C13H17F3N2O2S. The van der Waals surface area contributed by atoms with Gasteiger partial charge in [-0.15, -0.1) is 0 Å². The van der Waals surface area contributed by atoms with Gasteiger partial charge in [0.1, 0.15) is 6.04 Å². The van der Waals surface area contributed by atoms with Crippen molar-refractivity contribution >= 4 is 10.0 Å². The molecule has 118 valence electrons. The van der Waals surface area contributed by atoms with E-state index in [1.807, 2.05) is 0 Å². The van der Waals surface area contributed by atoms with Crippen LogP contribution in [-0.2, 0) is 10.0 Å². The number of rotatable bonds is 3. The van der Waals surface area contributed by atoms with Crippen molar-refractivity contribution in [2.24, 2.45) is 0 Å². The fourth-order valence-corrected chi connectivity index (χ4v) is 3.36. The molecule has 1 fully saturated rings. The van der Waals surface area contributed by atoms with Crippen molar-refractivity contribution in [1.29, 1.82) is 0 Å². The zero-order valence-electron chi connectivity index (χ0n) is 11.5. The summed E-state index contributed by atoms with van der Waals surface area (Å²) in [6.45, 7) is 0.286. The third kappa shape index (κ3) is 3.96. The Morgan fingerprint density at radius 3 is 2.00 bits per heavy atom. The lowest BCUT2D eigenvalue weighted by Gasteiger charge is -2.39. The first kappa shape index (κ1) is 16.3. The van der Waals surface area contributed by atoms with Crippen molar-refractivity contribution in [3.63, 3.8) is 0 Å². The van der Waals surface area contributed by atoms with Gasteiger partial charge in [-0.1, -0.05) is 30.3 Å². The second kappa shape index (κ2) is 5.94. The quantitative estimate of drug-likeness (QED) is 0.853. The van der Waals surface area contributed by atoms with E-state index in [0.29, 0.717) is 0 Å². The molecule has 8 heteroatoms. The van der Waals surface area contributed by atoms with Gasteiger partial charge in [0.25, 0.3) is 0 Å². The van der Waals surface area contributed by atoms with Gasteiger partial charge in [-0.05, 0) is 5.56 Å². The lowest BCUT2D eigenvalue weighted by Crippen LogP contribution is -2.51. The van der Waals surface area contributed by atoms with Crippen LogP contribution in [-0.4, -0.2) is 56.2 Å². The highest BCUT2D eigenvalue weighted by Crippen LogP contribution is 2.38. The van der Waals surface area contributed by atoms with E-state index in [1.165, 1.54) is 21.3 Å². The molecule has 0 saturated carbocycles. The summed E-state index contributed by atoms with van der Waals surface area (Å²) in [5.74, 6) is 0. The number of halogens is 3. The van der Waals surface area contributed by atoms with Crippen molar-refractivity contribution in [1.82, 2.24) is 9.21 Å². The Kier molecular flexibility index (Phi) is 4.60. The highest BCUT2D eigenvalue weighted by atomic mass is 32.2. The Balaban J connectivity index is 2.18. The summed E-state index contributed by atoms with van der Waals surface area (Å²) in [4.78, 5) is 1.29. The van der Waals surface area contributed by atoms with E-state index in [9.17, 15) is 21.6 Å². The van der Waals surface area contributed by atoms with Crippen LogP contribution < -0.4 is 0 Å². The number of hydrogen-bond donors (Lipinski definition) is 0. The van der Waals surface area contributed by atoms with Crippen molar-refractivity contribution < 1.29 is 21.6 Å². The molecule has 0 radical (unpaired) electrons. The second-order valence-corrected chi connectivity index (χ2v) is 7.04. The van der Waals surface area contributed by atoms with Crippen LogP contribution in [0.2, 0.25) is 0 Å². The van der Waals surface area contributed by atoms with E-state index in [1.54, 1.807) is 18.2 Å². The lowest BCUT2D eigenvalue weighted by atomic mass is 10.0. The van der Waals surface area contributed by atoms with E-state index in [0.717, 1.165) is 6.26 Å². The average molecular weight is 322 g/mol. The van der Waals surface area contributed by atoms with Crippen LogP contribution in [0, 0.1) is 0 Å². The maximum absolute atomic E-state index is 13.3. The van der Waals surface area contributed by atoms with Crippen LogP contribution >= 0.6 is 0 Å². The van der Waals surface area contributed by atoms with E-state index in [4.69, 9.17) is 0 Å². The second-order valence-electron chi connectivity index (χ2n) is 5.05. The molecule has 1 aromatic carbocycles. The molecule has 0 spiro atoms. The number of nitrogens with zero attached hydrogens (tertiary/aromatic N) is 2. The zero-order valence-corrected chi connectivity index (χ0v) is 12.4. The maximum atomic E-state index is 13.3. The van der Waals surface area contributed by atoms with Crippen molar-refractivity contribution in [3.05, 3.63) is 35.9 Å². The third-order valence-corrected chi connectivity index (χ3v) is 4.84. The molecule has 0 aromatic heterocycles. The van der Waals surface area contributed by atoms with Crippen LogP contribution in [0.25, 0.3) is 0 Å². The van der Waals surface area contributed by atoms with Crippen molar-refractivity contribution in [3.8, 4) is 0 Å². The Hall–Kier alpha value is -1.12. The minimum Gasteiger partial charge on any atom is -0.286 e. The van der Waals surface area contributed by atoms with Crippen LogP contribution in [0.1, 0.15) is 11.6 Å². The van der Waals surface area contributed by atoms with Crippen LogP contribution in [0.4, 0.5) is 13.2 Å². The van der Waals surface area contributed by atoms with Gasteiger partial charge < -0.3 is 0 Å². The van der Waals surface area contributed by atoms with Gasteiger partial charge in [-0.25, -0.2) is 8.42 Å². The van der Waals surface area contributed by atoms with Crippen molar-refractivity contribution in [2.45, 2.75) is 12.2 Å². The molecule has 1 atom stereocenters. The molecule has 1 saturated heterocycles. The predicted molar refractivity (Wildman–Crippen MR) is 73.2 cm³/mol. The zero-order chi connectivity index (χ0) is 15.7. The minimum atomic E-state index is -4.39. The number of sulfonamides is 1. The van der Waals surface area contributed by atoms with Gasteiger partial charge in [-0.2, -0.15) is 17.5 Å². The van der Waals surface area contributed by atoms with Gasteiger partial charge in [-0.3, -0.25) is 4.90 Å².